The van der Waals surface area contributed by atoms with Gasteiger partial charge in [-0.05, 0) is 32.0 Å². The largest absolute Gasteiger partial charge is 0.329 e. The van der Waals surface area contributed by atoms with Gasteiger partial charge in [0.2, 0.25) is 0 Å². The summed E-state index contributed by atoms with van der Waals surface area (Å²) in [7, 11) is 0. The lowest BCUT2D eigenvalue weighted by molar-refractivity contribution is 0.205. The van der Waals surface area contributed by atoms with Gasteiger partial charge >= 0.3 is 0 Å². The summed E-state index contributed by atoms with van der Waals surface area (Å²) in [6.07, 6.45) is 4.96. The van der Waals surface area contributed by atoms with E-state index in [-0.39, 0.29) is 11.9 Å². The maximum Gasteiger partial charge on any atom is 0.128 e. The van der Waals surface area contributed by atoms with Crippen LogP contribution >= 0.6 is 0 Å². The van der Waals surface area contributed by atoms with E-state index in [0.717, 1.165) is 18.7 Å². The summed E-state index contributed by atoms with van der Waals surface area (Å²) in [4.78, 5) is 2.34. The number of benzene rings is 1. The van der Waals surface area contributed by atoms with E-state index in [9.17, 15) is 4.39 Å². The van der Waals surface area contributed by atoms with Crippen LogP contribution in [0.25, 0.3) is 0 Å². The first-order valence-electron chi connectivity index (χ1n) is 6.51. The van der Waals surface area contributed by atoms with Gasteiger partial charge in [0, 0.05) is 18.2 Å². The Bertz CT molecular complexity index is 346. The Morgan fingerprint density at radius 2 is 1.76 bits per heavy atom. The molecule has 1 heterocycles. The number of rotatable bonds is 3. The number of halogens is 1. The van der Waals surface area contributed by atoms with Gasteiger partial charge in [-0.15, -0.1) is 0 Å². The van der Waals surface area contributed by atoms with Gasteiger partial charge in [-0.1, -0.05) is 31.0 Å². The molecule has 2 rings (SSSR count). The predicted octanol–water partition coefficient (Wildman–Crippen LogP) is 2.70. The van der Waals surface area contributed by atoms with E-state index in [1.54, 1.807) is 6.07 Å². The topological polar surface area (TPSA) is 29.3 Å². The minimum absolute atomic E-state index is 0.0364. The molecule has 0 radical (unpaired) electrons. The third kappa shape index (κ3) is 3.05. The van der Waals surface area contributed by atoms with Crippen molar-refractivity contribution < 1.29 is 4.39 Å². The first-order chi connectivity index (χ1) is 8.33. The zero-order valence-electron chi connectivity index (χ0n) is 10.2. The van der Waals surface area contributed by atoms with E-state index in [1.165, 1.54) is 31.7 Å². The SMILES string of the molecule is NCC(c1ccccc1F)N1CCCCCC1. The molecular formula is C14H21FN2. The Morgan fingerprint density at radius 3 is 2.35 bits per heavy atom. The van der Waals surface area contributed by atoms with E-state index in [2.05, 4.69) is 4.90 Å². The summed E-state index contributed by atoms with van der Waals surface area (Å²) in [6.45, 7) is 2.56. The molecule has 0 spiro atoms. The van der Waals surface area contributed by atoms with Crippen molar-refractivity contribution in [3.05, 3.63) is 35.6 Å². The Hall–Kier alpha value is -0.930. The predicted molar refractivity (Wildman–Crippen MR) is 68.2 cm³/mol. The zero-order valence-corrected chi connectivity index (χ0v) is 10.2. The lowest BCUT2D eigenvalue weighted by atomic mass is 10.0. The number of hydrogen-bond donors (Lipinski definition) is 1. The van der Waals surface area contributed by atoms with Gasteiger partial charge in [0.05, 0.1) is 0 Å². The number of nitrogens with two attached hydrogens (primary N) is 1. The highest BCUT2D eigenvalue weighted by molar-refractivity contribution is 5.21. The van der Waals surface area contributed by atoms with Gasteiger partial charge in [-0.2, -0.15) is 0 Å². The molecule has 1 unspecified atom stereocenters. The van der Waals surface area contributed by atoms with Crippen molar-refractivity contribution in [2.75, 3.05) is 19.6 Å². The number of likely N-dealkylation sites (tertiary alicyclic amines) is 1. The molecule has 1 fully saturated rings. The van der Waals surface area contributed by atoms with Crippen LogP contribution in [0.5, 0.6) is 0 Å². The third-order valence-electron chi connectivity index (χ3n) is 3.57. The van der Waals surface area contributed by atoms with Gasteiger partial charge in [0.1, 0.15) is 5.82 Å². The molecular weight excluding hydrogens is 215 g/mol. The molecule has 1 aliphatic heterocycles. The van der Waals surface area contributed by atoms with Crippen molar-refractivity contribution in [2.24, 2.45) is 5.73 Å². The maximum atomic E-state index is 13.8. The van der Waals surface area contributed by atoms with Gasteiger partial charge in [0.15, 0.2) is 0 Å². The Morgan fingerprint density at radius 1 is 1.12 bits per heavy atom. The second-order valence-corrected chi connectivity index (χ2v) is 4.72. The molecule has 2 N–H and O–H groups in total. The van der Waals surface area contributed by atoms with Crippen LogP contribution in [0.4, 0.5) is 4.39 Å². The molecule has 0 bridgehead atoms. The van der Waals surface area contributed by atoms with Crippen molar-refractivity contribution in [3.63, 3.8) is 0 Å². The van der Waals surface area contributed by atoms with Crippen LogP contribution in [0.3, 0.4) is 0 Å². The molecule has 0 amide bonds. The summed E-state index contributed by atoms with van der Waals surface area (Å²) < 4.78 is 13.8. The molecule has 1 aromatic carbocycles. The smallest absolute Gasteiger partial charge is 0.128 e. The van der Waals surface area contributed by atoms with Crippen LogP contribution in [0.15, 0.2) is 24.3 Å². The minimum Gasteiger partial charge on any atom is -0.329 e. The Kier molecular flexibility index (Phi) is 4.51. The highest BCUT2D eigenvalue weighted by Crippen LogP contribution is 2.25. The highest BCUT2D eigenvalue weighted by Gasteiger charge is 2.22. The maximum absolute atomic E-state index is 13.8. The second kappa shape index (κ2) is 6.12. The van der Waals surface area contributed by atoms with E-state index < -0.39 is 0 Å². The van der Waals surface area contributed by atoms with E-state index >= 15 is 0 Å². The molecule has 94 valence electrons. The average molecular weight is 236 g/mol. The Labute approximate surface area is 103 Å². The van der Waals surface area contributed by atoms with Gasteiger partial charge in [0.25, 0.3) is 0 Å². The molecule has 1 atom stereocenters. The fraction of sp³-hybridized carbons (Fsp3) is 0.571. The van der Waals surface area contributed by atoms with Crippen LogP contribution in [0.1, 0.15) is 37.3 Å². The van der Waals surface area contributed by atoms with Crippen LogP contribution in [-0.4, -0.2) is 24.5 Å². The normalized spacial score (nSPS) is 19.9. The van der Waals surface area contributed by atoms with Crippen molar-refractivity contribution in [2.45, 2.75) is 31.7 Å². The molecule has 1 aromatic rings. The summed E-state index contributed by atoms with van der Waals surface area (Å²) in [5, 5.41) is 0. The van der Waals surface area contributed by atoms with Crippen LogP contribution in [-0.2, 0) is 0 Å². The number of nitrogens with zero attached hydrogens (tertiary/aromatic N) is 1. The molecule has 1 saturated heterocycles. The van der Waals surface area contributed by atoms with Gasteiger partial charge in [-0.3, -0.25) is 4.90 Å². The molecule has 1 aliphatic rings. The average Bonchev–Trinajstić information content (AvgIpc) is 2.62. The zero-order chi connectivity index (χ0) is 12.1. The minimum atomic E-state index is -0.132. The van der Waals surface area contributed by atoms with E-state index in [0.29, 0.717) is 6.54 Å². The van der Waals surface area contributed by atoms with Gasteiger partial charge in [-0.25, -0.2) is 4.39 Å². The second-order valence-electron chi connectivity index (χ2n) is 4.72. The van der Waals surface area contributed by atoms with Crippen molar-refractivity contribution in [1.82, 2.24) is 4.90 Å². The molecule has 0 aromatic heterocycles. The van der Waals surface area contributed by atoms with Crippen molar-refractivity contribution in [3.8, 4) is 0 Å². The molecule has 0 aliphatic carbocycles. The summed E-state index contributed by atoms with van der Waals surface area (Å²) in [6, 6.07) is 7.04. The van der Waals surface area contributed by atoms with Crippen LogP contribution in [0.2, 0.25) is 0 Å². The summed E-state index contributed by atoms with van der Waals surface area (Å²) >= 11 is 0. The third-order valence-corrected chi connectivity index (χ3v) is 3.57. The molecule has 0 saturated carbocycles. The summed E-state index contributed by atoms with van der Waals surface area (Å²) in [5.41, 5.74) is 6.59. The Balaban J connectivity index is 2.17. The first kappa shape index (κ1) is 12.5. The molecule has 3 heteroatoms. The van der Waals surface area contributed by atoms with Gasteiger partial charge < -0.3 is 5.73 Å². The highest BCUT2D eigenvalue weighted by atomic mass is 19.1. The summed E-state index contributed by atoms with van der Waals surface area (Å²) in [5.74, 6) is -0.132. The molecule has 17 heavy (non-hydrogen) atoms. The monoisotopic (exact) mass is 236 g/mol. The van der Waals surface area contributed by atoms with E-state index in [4.69, 9.17) is 5.73 Å². The van der Waals surface area contributed by atoms with E-state index in [1.807, 2.05) is 12.1 Å². The van der Waals surface area contributed by atoms with Crippen molar-refractivity contribution in [1.29, 1.82) is 0 Å². The number of hydrogen-bond acceptors (Lipinski definition) is 2. The van der Waals surface area contributed by atoms with Crippen LogP contribution < -0.4 is 5.73 Å². The molecule has 2 nitrogen and oxygen atoms in total. The van der Waals surface area contributed by atoms with Crippen molar-refractivity contribution >= 4 is 0 Å². The first-order valence-corrected chi connectivity index (χ1v) is 6.51. The van der Waals surface area contributed by atoms with Crippen LogP contribution in [0, 0.1) is 5.82 Å². The lowest BCUT2D eigenvalue weighted by Gasteiger charge is -2.30. The quantitative estimate of drug-likeness (QED) is 0.874. The standard InChI is InChI=1S/C14H21FN2/c15-13-8-4-3-7-12(13)14(11-16)17-9-5-1-2-6-10-17/h3-4,7-8,14H,1-2,5-6,9-11,16H2. The lowest BCUT2D eigenvalue weighted by Crippen LogP contribution is -2.35. The fourth-order valence-electron chi connectivity index (χ4n) is 2.62. The fourth-order valence-corrected chi connectivity index (χ4v) is 2.62.